The fraction of sp³-hybridized carbons (Fsp3) is 0.467. The van der Waals surface area contributed by atoms with Crippen molar-refractivity contribution in [1.82, 2.24) is 5.32 Å². The number of benzene rings is 1. The minimum Gasteiger partial charge on any atom is -0.494 e. The molecular weight excluding hydrogens is 277 g/mol. The summed E-state index contributed by atoms with van der Waals surface area (Å²) in [4.78, 5) is 22.6. The van der Waals surface area contributed by atoms with Crippen molar-refractivity contribution >= 4 is 11.9 Å². The van der Waals surface area contributed by atoms with Crippen molar-refractivity contribution in [3.8, 4) is 5.75 Å². The van der Waals surface area contributed by atoms with Crippen LogP contribution in [0.15, 0.2) is 18.2 Å². The predicted octanol–water partition coefficient (Wildman–Crippen LogP) is 1.99. The first-order valence-electron chi connectivity index (χ1n) is 6.59. The lowest BCUT2D eigenvalue weighted by molar-refractivity contribution is -0.146. The maximum Gasteiger partial charge on any atom is 0.310 e. The van der Waals surface area contributed by atoms with Gasteiger partial charge in [-0.15, -0.1) is 0 Å². The van der Waals surface area contributed by atoms with Crippen molar-refractivity contribution in [2.45, 2.75) is 26.7 Å². The molecule has 1 aromatic carbocycles. The van der Waals surface area contributed by atoms with Gasteiger partial charge >= 0.3 is 5.97 Å². The molecule has 21 heavy (non-hydrogen) atoms. The summed E-state index contributed by atoms with van der Waals surface area (Å²) >= 11 is 0. The summed E-state index contributed by atoms with van der Waals surface area (Å²) in [6, 6.07) is 4.75. The van der Waals surface area contributed by atoms with Gasteiger partial charge in [0.05, 0.1) is 12.5 Å². The second-order valence-corrected chi connectivity index (χ2v) is 5.40. The summed E-state index contributed by atoms with van der Waals surface area (Å²) in [5.74, 6) is -1.63. The van der Waals surface area contributed by atoms with Gasteiger partial charge in [0.1, 0.15) is 0 Å². The molecule has 0 atom stereocenters. The molecule has 5 nitrogen and oxygen atoms in total. The van der Waals surface area contributed by atoms with E-state index in [1.165, 1.54) is 27.0 Å². The normalized spacial score (nSPS) is 11.0. The van der Waals surface area contributed by atoms with E-state index in [1.54, 1.807) is 12.1 Å². The van der Waals surface area contributed by atoms with E-state index in [1.807, 2.05) is 0 Å². The Labute approximate surface area is 123 Å². The molecule has 0 aliphatic heterocycles. The Morgan fingerprint density at radius 1 is 1.38 bits per heavy atom. The van der Waals surface area contributed by atoms with Crippen LogP contribution in [0.5, 0.6) is 5.75 Å². The average Bonchev–Trinajstić information content (AvgIpc) is 2.44. The number of carbonyl (C=O) groups is 2. The molecule has 0 saturated heterocycles. The van der Waals surface area contributed by atoms with Crippen LogP contribution in [-0.2, 0) is 16.0 Å². The number of aliphatic carboxylic acids is 1. The molecule has 2 N–H and O–H groups in total. The van der Waals surface area contributed by atoms with Gasteiger partial charge in [0.15, 0.2) is 11.6 Å². The van der Waals surface area contributed by atoms with E-state index in [0.29, 0.717) is 5.56 Å². The predicted molar refractivity (Wildman–Crippen MR) is 75.7 cm³/mol. The molecule has 0 bridgehead atoms. The minimum atomic E-state index is -1.03. The minimum absolute atomic E-state index is 0.0295. The molecule has 1 aromatic rings. The fourth-order valence-corrected chi connectivity index (χ4v) is 1.64. The lowest BCUT2D eigenvalue weighted by Crippen LogP contribution is -2.38. The SMILES string of the molecule is COc1cccc(CCC(=O)NCC(C)(C)C(=O)O)c1F. The van der Waals surface area contributed by atoms with Gasteiger partial charge < -0.3 is 15.2 Å². The van der Waals surface area contributed by atoms with Gasteiger partial charge in [0, 0.05) is 13.0 Å². The van der Waals surface area contributed by atoms with Crippen molar-refractivity contribution in [3.63, 3.8) is 0 Å². The van der Waals surface area contributed by atoms with E-state index < -0.39 is 17.2 Å². The maximum atomic E-state index is 13.9. The van der Waals surface area contributed by atoms with Crippen LogP contribution in [0.3, 0.4) is 0 Å². The third kappa shape index (κ3) is 4.73. The smallest absolute Gasteiger partial charge is 0.310 e. The zero-order chi connectivity index (χ0) is 16.0. The molecule has 0 heterocycles. The zero-order valence-electron chi connectivity index (χ0n) is 12.4. The number of hydrogen-bond donors (Lipinski definition) is 2. The molecule has 0 fully saturated rings. The number of rotatable bonds is 7. The number of carbonyl (C=O) groups excluding carboxylic acids is 1. The Kier molecular flexibility index (Phi) is 5.69. The topological polar surface area (TPSA) is 75.6 Å². The summed E-state index contributed by atoms with van der Waals surface area (Å²) in [5, 5.41) is 11.5. The van der Waals surface area contributed by atoms with Crippen LogP contribution in [0.1, 0.15) is 25.8 Å². The summed E-state index contributed by atoms with van der Waals surface area (Å²) in [5.41, 5.74) is -0.640. The first-order chi connectivity index (χ1) is 9.77. The van der Waals surface area contributed by atoms with Gasteiger partial charge in [-0.3, -0.25) is 9.59 Å². The van der Waals surface area contributed by atoms with Crippen LogP contribution in [0.2, 0.25) is 0 Å². The number of hydrogen-bond acceptors (Lipinski definition) is 3. The van der Waals surface area contributed by atoms with E-state index >= 15 is 0 Å². The second-order valence-electron chi connectivity index (χ2n) is 5.40. The standard InChI is InChI=1S/C15H20FNO4/c1-15(2,14(19)20)9-17-12(18)8-7-10-5-4-6-11(21-3)13(10)16/h4-6H,7-9H2,1-3H3,(H,17,18)(H,19,20). The quantitative estimate of drug-likeness (QED) is 0.807. The molecule has 0 aliphatic carbocycles. The van der Waals surface area contributed by atoms with E-state index in [2.05, 4.69) is 5.32 Å². The molecule has 0 saturated carbocycles. The number of ether oxygens (including phenoxy) is 1. The Morgan fingerprint density at radius 2 is 2.05 bits per heavy atom. The highest BCUT2D eigenvalue weighted by Gasteiger charge is 2.27. The Morgan fingerprint density at radius 3 is 2.62 bits per heavy atom. The molecule has 0 unspecified atom stereocenters. The number of halogens is 1. The number of nitrogens with one attached hydrogen (secondary N) is 1. The molecule has 116 valence electrons. The first kappa shape index (κ1) is 16.9. The number of methoxy groups -OCH3 is 1. The lowest BCUT2D eigenvalue weighted by Gasteiger charge is -2.19. The third-order valence-electron chi connectivity index (χ3n) is 3.19. The largest absolute Gasteiger partial charge is 0.494 e. The van der Waals surface area contributed by atoms with E-state index in [9.17, 15) is 14.0 Å². The van der Waals surface area contributed by atoms with Gasteiger partial charge in [-0.2, -0.15) is 0 Å². The van der Waals surface area contributed by atoms with Crippen molar-refractivity contribution in [2.24, 2.45) is 5.41 Å². The van der Waals surface area contributed by atoms with Gasteiger partial charge in [0.25, 0.3) is 0 Å². The number of carboxylic acids is 1. The van der Waals surface area contributed by atoms with Gasteiger partial charge in [0.2, 0.25) is 5.91 Å². The molecule has 1 rings (SSSR count). The van der Waals surface area contributed by atoms with Crippen molar-refractivity contribution < 1.29 is 23.8 Å². The van der Waals surface area contributed by atoms with E-state index in [0.717, 1.165) is 0 Å². The van der Waals surface area contributed by atoms with Crippen LogP contribution in [0.25, 0.3) is 0 Å². The molecule has 6 heteroatoms. The van der Waals surface area contributed by atoms with Crippen LogP contribution in [-0.4, -0.2) is 30.6 Å². The fourth-order valence-electron chi connectivity index (χ4n) is 1.64. The van der Waals surface area contributed by atoms with Crippen LogP contribution in [0.4, 0.5) is 4.39 Å². The molecule has 0 radical (unpaired) electrons. The monoisotopic (exact) mass is 297 g/mol. The first-order valence-corrected chi connectivity index (χ1v) is 6.59. The van der Waals surface area contributed by atoms with Gasteiger partial charge in [-0.05, 0) is 31.9 Å². The highest BCUT2D eigenvalue weighted by molar-refractivity contribution is 5.78. The highest BCUT2D eigenvalue weighted by Crippen LogP contribution is 2.21. The molecule has 0 aliphatic rings. The van der Waals surface area contributed by atoms with Crippen LogP contribution in [0, 0.1) is 11.2 Å². The van der Waals surface area contributed by atoms with Gasteiger partial charge in [-0.25, -0.2) is 4.39 Å². The Balaban J connectivity index is 2.53. The Bertz CT molecular complexity index is 528. The number of aryl methyl sites for hydroxylation is 1. The van der Waals surface area contributed by atoms with Crippen molar-refractivity contribution in [3.05, 3.63) is 29.6 Å². The summed E-state index contributed by atoms with van der Waals surface area (Å²) in [6.07, 6.45) is 0.308. The highest BCUT2D eigenvalue weighted by atomic mass is 19.1. The van der Waals surface area contributed by atoms with Crippen molar-refractivity contribution in [1.29, 1.82) is 0 Å². The molecular formula is C15H20FNO4. The summed E-state index contributed by atoms with van der Waals surface area (Å²) in [7, 11) is 1.38. The molecule has 0 spiro atoms. The van der Waals surface area contributed by atoms with Crippen LogP contribution < -0.4 is 10.1 Å². The summed E-state index contributed by atoms with van der Waals surface area (Å²) < 4.78 is 18.7. The third-order valence-corrected chi connectivity index (χ3v) is 3.19. The molecule has 0 aromatic heterocycles. The van der Waals surface area contributed by atoms with Crippen LogP contribution >= 0.6 is 0 Å². The lowest BCUT2D eigenvalue weighted by atomic mass is 9.94. The second kappa shape index (κ2) is 7.06. The van der Waals surface area contributed by atoms with E-state index in [-0.39, 0.29) is 31.0 Å². The van der Waals surface area contributed by atoms with E-state index in [4.69, 9.17) is 9.84 Å². The van der Waals surface area contributed by atoms with Crippen molar-refractivity contribution in [2.75, 3.05) is 13.7 Å². The summed E-state index contributed by atoms with van der Waals surface area (Å²) in [6.45, 7) is 3.08. The number of carboxylic acid groups (broad SMARTS) is 1. The molecule has 1 amide bonds. The average molecular weight is 297 g/mol. The van der Waals surface area contributed by atoms with Gasteiger partial charge in [-0.1, -0.05) is 12.1 Å². The number of amides is 1. The zero-order valence-corrected chi connectivity index (χ0v) is 12.4. The maximum absolute atomic E-state index is 13.9. The Hall–Kier alpha value is -2.11.